The highest BCUT2D eigenvalue weighted by Crippen LogP contribution is 2.25. The fourth-order valence-corrected chi connectivity index (χ4v) is 4.02. The standard InChI is InChI=1S/C15H27N3S/c1-11(2)18-7-5-6-13(18)9-15-17-10-14(19-15)8-12(3)16-4/h10-13,16H,5-9H2,1-4H3. The van der Waals surface area contributed by atoms with Crippen LogP contribution in [0.1, 0.15) is 43.5 Å². The second kappa shape index (κ2) is 6.82. The summed E-state index contributed by atoms with van der Waals surface area (Å²) < 4.78 is 0. The molecule has 3 nitrogen and oxygen atoms in total. The minimum absolute atomic E-state index is 0.534. The van der Waals surface area contributed by atoms with Gasteiger partial charge in [0.2, 0.25) is 0 Å². The van der Waals surface area contributed by atoms with Crippen molar-refractivity contribution < 1.29 is 0 Å². The molecule has 1 aliphatic rings. The first kappa shape index (κ1) is 14.9. The lowest BCUT2D eigenvalue weighted by atomic mass is 10.1. The number of likely N-dealkylation sites (N-methyl/N-ethyl adjacent to an activating group) is 1. The molecule has 1 aromatic rings. The third-order valence-corrected chi connectivity index (χ3v) is 5.14. The SMILES string of the molecule is CNC(C)Cc1cnc(CC2CCCN2C(C)C)s1. The molecule has 1 N–H and O–H groups in total. The lowest BCUT2D eigenvalue weighted by Crippen LogP contribution is -2.36. The molecule has 108 valence electrons. The Morgan fingerprint density at radius 2 is 2.26 bits per heavy atom. The van der Waals surface area contributed by atoms with E-state index in [4.69, 9.17) is 0 Å². The highest BCUT2D eigenvalue weighted by molar-refractivity contribution is 7.11. The van der Waals surface area contributed by atoms with Crippen molar-refractivity contribution in [2.45, 2.75) is 64.6 Å². The molecule has 2 rings (SSSR count). The second-order valence-corrected chi connectivity index (χ2v) is 7.15. The van der Waals surface area contributed by atoms with Crippen LogP contribution in [0.3, 0.4) is 0 Å². The van der Waals surface area contributed by atoms with E-state index in [0.717, 1.165) is 12.8 Å². The molecule has 1 saturated heterocycles. The Morgan fingerprint density at radius 3 is 2.95 bits per heavy atom. The van der Waals surface area contributed by atoms with Gasteiger partial charge in [0.25, 0.3) is 0 Å². The molecule has 0 radical (unpaired) electrons. The molecule has 2 atom stereocenters. The molecule has 19 heavy (non-hydrogen) atoms. The third-order valence-electron chi connectivity index (χ3n) is 4.10. The van der Waals surface area contributed by atoms with Gasteiger partial charge >= 0.3 is 0 Å². The molecule has 0 spiro atoms. The van der Waals surface area contributed by atoms with Crippen molar-refractivity contribution in [3.05, 3.63) is 16.1 Å². The summed E-state index contributed by atoms with van der Waals surface area (Å²) in [6.07, 6.45) is 6.98. The summed E-state index contributed by atoms with van der Waals surface area (Å²) in [5.41, 5.74) is 0. The lowest BCUT2D eigenvalue weighted by Gasteiger charge is -2.27. The summed E-state index contributed by atoms with van der Waals surface area (Å²) in [6, 6.07) is 1.91. The van der Waals surface area contributed by atoms with Gasteiger partial charge in [-0.3, -0.25) is 4.90 Å². The van der Waals surface area contributed by atoms with Gasteiger partial charge in [0.15, 0.2) is 0 Å². The van der Waals surface area contributed by atoms with E-state index >= 15 is 0 Å². The average Bonchev–Trinajstić information content (AvgIpc) is 2.99. The van der Waals surface area contributed by atoms with E-state index in [-0.39, 0.29) is 0 Å². The van der Waals surface area contributed by atoms with Gasteiger partial charge in [-0.15, -0.1) is 11.3 Å². The van der Waals surface area contributed by atoms with Crippen molar-refractivity contribution in [2.24, 2.45) is 0 Å². The first-order valence-corrected chi connectivity index (χ1v) is 8.28. The van der Waals surface area contributed by atoms with E-state index in [9.17, 15) is 0 Å². The van der Waals surface area contributed by atoms with Gasteiger partial charge in [-0.05, 0) is 53.6 Å². The minimum atomic E-state index is 0.534. The molecule has 1 aliphatic heterocycles. The molecule has 2 unspecified atom stereocenters. The Labute approximate surface area is 121 Å². The highest BCUT2D eigenvalue weighted by Gasteiger charge is 2.27. The Morgan fingerprint density at radius 1 is 1.47 bits per heavy atom. The molecule has 0 aromatic carbocycles. The van der Waals surface area contributed by atoms with Crippen LogP contribution in [0.2, 0.25) is 0 Å². The predicted octanol–water partition coefficient (Wildman–Crippen LogP) is 2.71. The zero-order valence-corrected chi connectivity index (χ0v) is 13.5. The van der Waals surface area contributed by atoms with Crippen LogP contribution in [-0.2, 0) is 12.8 Å². The summed E-state index contributed by atoms with van der Waals surface area (Å²) in [6.45, 7) is 8.09. The number of hydrogen-bond donors (Lipinski definition) is 1. The molecular weight excluding hydrogens is 254 g/mol. The van der Waals surface area contributed by atoms with E-state index in [1.165, 1.54) is 29.3 Å². The summed E-state index contributed by atoms with van der Waals surface area (Å²) >= 11 is 1.90. The van der Waals surface area contributed by atoms with Crippen molar-refractivity contribution in [3.63, 3.8) is 0 Å². The fraction of sp³-hybridized carbons (Fsp3) is 0.800. The minimum Gasteiger partial charge on any atom is -0.317 e. The number of nitrogens with one attached hydrogen (secondary N) is 1. The summed E-state index contributed by atoms with van der Waals surface area (Å²) in [4.78, 5) is 8.67. The lowest BCUT2D eigenvalue weighted by molar-refractivity contribution is 0.202. The van der Waals surface area contributed by atoms with E-state index < -0.39 is 0 Å². The van der Waals surface area contributed by atoms with Crippen LogP contribution in [0.25, 0.3) is 0 Å². The van der Waals surface area contributed by atoms with E-state index in [1.54, 1.807) is 0 Å². The van der Waals surface area contributed by atoms with E-state index in [1.807, 2.05) is 18.4 Å². The van der Waals surface area contributed by atoms with E-state index in [0.29, 0.717) is 18.1 Å². The van der Waals surface area contributed by atoms with Gasteiger partial charge < -0.3 is 5.32 Å². The molecule has 1 aromatic heterocycles. The monoisotopic (exact) mass is 281 g/mol. The van der Waals surface area contributed by atoms with Crippen molar-refractivity contribution in [1.82, 2.24) is 15.2 Å². The molecule has 2 heterocycles. The average molecular weight is 281 g/mol. The normalized spacial score (nSPS) is 22.3. The van der Waals surface area contributed by atoms with Gasteiger partial charge in [0.05, 0.1) is 5.01 Å². The molecule has 0 amide bonds. The summed E-state index contributed by atoms with van der Waals surface area (Å²) in [5, 5.41) is 4.60. The second-order valence-electron chi connectivity index (χ2n) is 5.95. The Hall–Kier alpha value is -0.450. The first-order valence-electron chi connectivity index (χ1n) is 7.46. The molecule has 0 aliphatic carbocycles. The number of aromatic nitrogens is 1. The van der Waals surface area contributed by atoms with Gasteiger partial charge in [0, 0.05) is 35.6 Å². The quantitative estimate of drug-likeness (QED) is 0.869. The number of likely N-dealkylation sites (tertiary alicyclic amines) is 1. The summed E-state index contributed by atoms with van der Waals surface area (Å²) in [7, 11) is 2.02. The van der Waals surface area contributed by atoms with Crippen LogP contribution >= 0.6 is 11.3 Å². The smallest absolute Gasteiger partial charge is 0.0943 e. The Kier molecular flexibility index (Phi) is 5.37. The zero-order valence-electron chi connectivity index (χ0n) is 12.6. The van der Waals surface area contributed by atoms with Crippen LogP contribution in [0.5, 0.6) is 0 Å². The Balaban J connectivity index is 1.92. The number of thiazole rings is 1. The summed E-state index contributed by atoms with van der Waals surface area (Å²) in [5.74, 6) is 0. The highest BCUT2D eigenvalue weighted by atomic mass is 32.1. The van der Waals surface area contributed by atoms with Gasteiger partial charge in [-0.2, -0.15) is 0 Å². The van der Waals surface area contributed by atoms with Crippen LogP contribution < -0.4 is 5.32 Å². The van der Waals surface area contributed by atoms with Crippen molar-refractivity contribution in [1.29, 1.82) is 0 Å². The zero-order chi connectivity index (χ0) is 13.8. The first-order chi connectivity index (χ1) is 9.10. The van der Waals surface area contributed by atoms with Crippen molar-refractivity contribution in [3.8, 4) is 0 Å². The maximum atomic E-state index is 4.62. The number of rotatable bonds is 6. The van der Waals surface area contributed by atoms with Crippen molar-refractivity contribution in [2.75, 3.05) is 13.6 Å². The van der Waals surface area contributed by atoms with Crippen LogP contribution in [0.4, 0.5) is 0 Å². The van der Waals surface area contributed by atoms with Crippen LogP contribution in [0, 0.1) is 0 Å². The van der Waals surface area contributed by atoms with Crippen LogP contribution in [-0.4, -0.2) is 41.6 Å². The van der Waals surface area contributed by atoms with Crippen molar-refractivity contribution >= 4 is 11.3 Å². The largest absolute Gasteiger partial charge is 0.317 e. The maximum Gasteiger partial charge on any atom is 0.0943 e. The number of nitrogens with zero attached hydrogens (tertiary/aromatic N) is 2. The number of hydrogen-bond acceptors (Lipinski definition) is 4. The topological polar surface area (TPSA) is 28.2 Å². The van der Waals surface area contributed by atoms with Gasteiger partial charge in [-0.1, -0.05) is 0 Å². The molecule has 0 saturated carbocycles. The Bertz CT molecular complexity index is 388. The predicted molar refractivity (Wildman–Crippen MR) is 82.9 cm³/mol. The molecule has 1 fully saturated rings. The maximum absolute atomic E-state index is 4.62. The molecule has 0 bridgehead atoms. The van der Waals surface area contributed by atoms with Gasteiger partial charge in [-0.25, -0.2) is 4.98 Å². The molecular formula is C15H27N3S. The molecule has 4 heteroatoms. The van der Waals surface area contributed by atoms with Gasteiger partial charge in [0.1, 0.15) is 0 Å². The third kappa shape index (κ3) is 4.01. The van der Waals surface area contributed by atoms with E-state index in [2.05, 4.69) is 42.2 Å². The van der Waals surface area contributed by atoms with Crippen LogP contribution in [0.15, 0.2) is 6.20 Å². The fourth-order valence-electron chi connectivity index (χ4n) is 2.90.